The van der Waals surface area contributed by atoms with Crippen LogP contribution in [0.15, 0.2) is 53.4 Å². The summed E-state index contributed by atoms with van der Waals surface area (Å²) in [7, 11) is -1.95. The number of anilines is 1. The lowest BCUT2D eigenvalue weighted by Gasteiger charge is -2.19. The Morgan fingerprint density at radius 1 is 1.00 bits per heavy atom. The average Bonchev–Trinajstić information content (AvgIpc) is 2.69. The van der Waals surface area contributed by atoms with Crippen molar-refractivity contribution in [1.29, 1.82) is 0 Å². The van der Waals surface area contributed by atoms with Crippen molar-refractivity contribution in [2.75, 3.05) is 25.5 Å². The van der Waals surface area contributed by atoms with Crippen molar-refractivity contribution in [2.45, 2.75) is 31.8 Å². The second-order valence-corrected chi connectivity index (χ2v) is 7.98. The van der Waals surface area contributed by atoms with Gasteiger partial charge in [-0.25, -0.2) is 8.42 Å². The van der Waals surface area contributed by atoms with Crippen LogP contribution in [0.5, 0.6) is 11.5 Å². The van der Waals surface area contributed by atoms with Crippen molar-refractivity contribution >= 4 is 21.6 Å². The second-order valence-electron chi connectivity index (χ2n) is 6.04. The Bertz CT molecular complexity index is 876. The summed E-state index contributed by atoms with van der Waals surface area (Å²) in [6, 6.07) is 13.0. The number of hydrogen-bond donors (Lipinski definition) is 1. The van der Waals surface area contributed by atoms with Gasteiger partial charge < -0.3 is 14.8 Å². The van der Waals surface area contributed by atoms with E-state index in [1.54, 1.807) is 64.3 Å². The van der Waals surface area contributed by atoms with Crippen molar-refractivity contribution in [2.24, 2.45) is 0 Å². The minimum Gasteiger partial charge on any atom is -0.497 e. The number of hydrogen-bond acceptors (Lipinski definition) is 5. The Balaban J connectivity index is 2.01. The minimum atomic E-state index is -3.52. The molecule has 0 aliphatic carbocycles. The maximum absolute atomic E-state index is 12.5. The zero-order valence-electron chi connectivity index (χ0n) is 16.5. The van der Waals surface area contributed by atoms with E-state index in [4.69, 9.17) is 9.47 Å². The predicted molar refractivity (Wildman–Crippen MR) is 108 cm³/mol. The summed E-state index contributed by atoms with van der Waals surface area (Å²) >= 11 is 0. The number of methoxy groups -OCH3 is 1. The van der Waals surface area contributed by atoms with E-state index >= 15 is 0 Å². The molecule has 1 amide bonds. The molecule has 7 nitrogen and oxygen atoms in total. The molecule has 2 rings (SSSR count). The lowest BCUT2D eigenvalue weighted by Crippen LogP contribution is -2.31. The summed E-state index contributed by atoms with van der Waals surface area (Å²) in [6.07, 6.45) is -0.729. The Morgan fingerprint density at radius 3 is 2.04 bits per heavy atom. The normalized spacial score (nSPS) is 12.5. The molecule has 0 fully saturated rings. The highest BCUT2D eigenvalue weighted by atomic mass is 32.2. The molecule has 28 heavy (non-hydrogen) atoms. The zero-order valence-corrected chi connectivity index (χ0v) is 17.3. The standard InChI is InChI=1S/C20H26N2O5S/c1-5-22(6-2)28(24,25)19-13-7-16(8-14-19)21-20(23)15(3)27-18-11-9-17(26-4)10-12-18/h7-15H,5-6H2,1-4H3,(H,21,23)/t15-/m1/s1. The topological polar surface area (TPSA) is 84.9 Å². The lowest BCUT2D eigenvalue weighted by atomic mass is 10.3. The van der Waals surface area contributed by atoms with Crippen LogP contribution in [-0.4, -0.2) is 44.9 Å². The van der Waals surface area contributed by atoms with Crippen molar-refractivity contribution in [3.05, 3.63) is 48.5 Å². The quantitative estimate of drug-likeness (QED) is 0.692. The molecule has 2 aromatic carbocycles. The third-order valence-electron chi connectivity index (χ3n) is 4.21. The molecule has 0 radical (unpaired) electrons. The maximum atomic E-state index is 12.5. The maximum Gasteiger partial charge on any atom is 0.265 e. The molecule has 0 saturated heterocycles. The van der Waals surface area contributed by atoms with E-state index in [-0.39, 0.29) is 10.8 Å². The molecule has 0 aliphatic rings. The van der Waals surface area contributed by atoms with Crippen LogP contribution < -0.4 is 14.8 Å². The highest BCUT2D eigenvalue weighted by Gasteiger charge is 2.21. The lowest BCUT2D eigenvalue weighted by molar-refractivity contribution is -0.122. The van der Waals surface area contributed by atoms with Crippen LogP contribution in [-0.2, 0) is 14.8 Å². The fourth-order valence-electron chi connectivity index (χ4n) is 2.58. The molecule has 0 spiro atoms. The number of nitrogens with zero attached hydrogens (tertiary/aromatic N) is 1. The Morgan fingerprint density at radius 2 is 1.54 bits per heavy atom. The summed E-state index contributed by atoms with van der Waals surface area (Å²) in [6.45, 7) is 6.02. The summed E-state index contributed by atoms with van der Waals surface area (Å²) in [5, 5.41) is 2.72. The van der Waals surface area contributed by atoms with Crippen molar-refractivity contribution in [3.8, 4) is 11.5 Å². The molecule has 0 saturated carbocycles. The van der Waals surface area contributed by atoms with Crippen LogP contribution in [0.4, 0.5) is 5.69 Å². The molecule has 0 heterocycles. The Labute approximate surface area is 166 Å². The highest BCUT2D eigenvalue weighted by Crippen LogP contribution is 2.20. The van der Waals surface area contributed by atoms with E-state index in [0.717, 1.165) is 0 Å². The zero-order chi connectivity index (χ0) is 20.7. The van der Waals surface area contributed by atoms with Crippen molar-refractivity contribution in [3.63, 3.8) is 0 Å². The van der Waals surface area contributed by atoms with Gasteiger partial charge >= 0.3 is 0 Å². The predicted octanol–water partition coefficient (Wildman–Crippen LogP) is 3.13. The first-order valence-corrected chi connectivity index (χ1v) is 10.5. The van der Waals surface area contributed by atoms with E-state index in [0.29, 0.717) is 30.3 Å². The van der Waals surface area contributed by atoms with E-state index in [9.17, 15) is 13.2 Å². The van der Waals surface area contributed by atoms with E-state index in [1.807, 2.05) is 0 Å². The first kappa shape index (κ1) is 21.7. The highest BCUT2D eigenvalue weighted by molar-refractivity contribution is 7.89. The summed E-state index contributed by atoms with van der Waals surface area (Å²) < 4.78 is 37.1. The van der Waals surface area contributed by atoms with Gasteiger partial charge in [-0.3, -0.25) is 4.79 Å². The van der Waals surface area contributed by atoms with Gasteiger partial charge in [-0.05, 0) is 55.5 Å². The van der Waals surface area contributed by atoms with Crippen molar-refractivity contribution < 1.29 is 22.7 Å². The van der Waals surface area contributed by atoms with Gasteiger partial charge in [0.25, 0.3) is 5.91 Å². The Hall–Kier alpha value is -2.58. The molecule has 1 N–H and O–H groups in total. The fourth-order valence-corrected chi connectivity index (χ4v) is 4.04. The number of ether oxygens (including phenoxy) is 2. The van der Waals surface area contributed by atoms with E-state index in [1.165, 1.54) is 16.4 Å². The molecule has 8 heteroatoms. The molecule has 0 bridgehead atoms. The summed E-state index contributed by atoms with van der Waals surface area (Å²) in [5.74, 6) is 0.906. The van der Waals surface area contributed by atoms with Crippen LogP contribution in [0.2, 0.25) is 0 Å². The molecule has 2 aromatic rings. The number of nitrogens with one attached hydrogen (secondary N) is 1. The summed E-state index contributed by atoms with van der Waals surface area (Å²) in [4.78, 5) is 12.5. The third kappa shape index (κ3) is 5.24. The molecule has 1 atom stereocenters. The molecule has 152 valence electrons. The average molecular weight is 407 g/mol. The van der Waals surface area contributed by atoms with Gasteiger partial charge in [-0.15, -0.1) is 0 Å². The van der Waals surface area contributed by atoms with E-state index in [2.05, 4.69) is 5.32 Å². The first-order chi connectivity index (χ1) is 13.3. The number of amides is 1. The number of rotatable bonds is 9. The molecular formula is C20H26N2O5S. The number of carbonyl (C=O) groups excluding carboxylic acids is 1. The number of sulfonamides is 1. The second kappa shape index (κ2) is 9.57. The molecular weight excluding hydrogens is 380 g/mol. The SMILES string of the molecule is CCN(CC)S(=O)(=O)c1ccc(NC(=O)[C@@H](C)Oc2ccc(OC)cc2)cc1. The number of carbonyl (C=O) groups is 1. The van der Waals surface area contributed by atoms with Gasteiger partial charge in [-0.1, -0.05) is 13.8 Å². The molecule has 0 unspecified atom stereocenters. The van der Waals surface area contributed by atoms with Gasteiger partial charge in [0.1, 0.15) is 11.5 Å². The van der Waals surface area contributed by atoms with Crippen LogP contribution in [0, 0.1) is 0 Å². The van der Waals surface area contributed by atoms with Crippen LogP contribution in [0.1, 0.15) is 20.8 Å². The number of benzene rings is 2. The van der Waals surface area contributed by atoms with Gasteiger partial charge in [0, 0.05) is 18.8 Å². The minimum absolute atomic E-state index is 0.191. The van der Waals surface area contributed by atoms with Crippen molar-refractivity contribution in [1.82, 2.24) is 4.31 Å². The van der Waals surface area contributed by atoms with Gasteiger partial charge in [-0.2, -0.15) is 4.31 Å². The van der Waals surface area contributed by atoms with E-state index < -0.39 is 16.1 Å². The van der Waals surface area contributed by atoms with Crippen LogP contribution >= 0.6 is 0 Å². The molecule has 0 aromatic heterocycles. The summed E-state index contributed by atoms with van der Waals surface area (Å²) in [5.41, 5.74) is 0.494. The van der Waals surface area contributed by atoms with Gasteiger partial charge in [0.05, 0.1) is 12.0 Å². The monoisotopic (exact) mass is 406 g/mol. The molecule has 0 aliphatic heterocycles. The van der Waals surface area contributed by atoms with Crippen LogP contribution in [0.3, 0.4) is 0 Å². The van der Waals surface area contributed by atoms with Gasteiger partial charge in [0.15, 0.2) is 6.10 Å². The van der Waals surface area contributed by atoms with Gasteiger partial charge in [0.2, 0.25) is 10.0 Å². The fraction of sp³-hybridized carbons (Fsp3) is 0.350. The third-order valence-corrected chi connectivity index (χ3v) is 6.27. The largest absolute Gasteiger partial charge is 0.497 e. The smallest absolute Gasteiger partial charge is 0.265 e. The first-order valence-electron chi connectivity index (χ1n) is 9.03. The Kier molecular flexibility index (Phi) is 7.42. The van der Waals surface area contributed by atoms with Crippen LogP contribution in [0.25, 0.3) is 0 Å².